The van der Waals surface area contributed by atoms with E-state index in [0.29, 0.717) is 11.5 Å². The summed E-state index contributed by atoms with van der Waals surface area (Å²) in [6, 6.07) is 4.02. The van der Waals surface area contributed by atoms with E-state index < -0.39 is 0 Å². The van der Waals surface area contributed by atoms with Crippen molar-refractivity contribution in [2.24, 2.45) is 5.92 Å². The molecule has 0 aliphatic carbocycles. The predicted octanol–water partition coefficient (Wildman–Crippen LogP) is 2.36. The number of hydrogen-bond donors (Lipinski definition) is 2. The van der Waals surface area contributed by atoms with Crippen LogP contribution in [0.15, 0.2) is 18.2 Å². The lowest BCUT2D eigenvalue weighted by Crippen LogP contribution is -2.38. The lowest BCUT2D eigenvalue weighted by Gasteiger charge is -2.31. The topological polar surface area (TPSA) is 60.8 Å². The summed E-state index contributed by atoms with van der Waals surface area (Å²) in [5.74, 6) is 0.436. The van der Waals surface area contributed by atoms with E-state index in [1.165, 1.54) is 18.2 Å². The van der Waals surface area contributed by atoms with Gasteiger partial charge in [0.25, 0.3) is 5.91 Å². The minimum absolute atomic E-state index is 0.0817. The molecule has 2 N–H and O–H groups in total. The van der Waals surface area contributed by atoms with Crippen LogP contribution in [0.5, 0.6) is 11.5 Å². The quantitative estimate of drug-likeness (QED) is 0.845. The Morgan fingerprint density at radius 3 is 2.28 bits per heavy atom. The second-order valence-corrected chi connectivity index (χ2v) is 4.88. The summed E-state index contributed by atoms with van der Waals surface area (Å²) in [6.45, 7) is 3.69. The van der Waals surface area contributed by atoms with Gasteiger partial charge < -0.3 is 15.1 Å². The van der Waals surface area contributed by atoms with Crippen molar-refractivity contribution < 1.29 is 15.0 Å². The number of rotatable bonds is 2. The largest absolute Gasteiger partial charge is 0.508 e. The zero-order chi connectivity index (χ0) is 13.1. The number of benzene rings is 1. The Labute approximate surface area is 107 Å². The number of likely N-dealkylation sites (tertiary alicyclic amines) is 1. The summed E-state index contributed by atoms with van der Waals surface area (Å²) in [6.07, 6.45) is 3.23. The first-order valence-electron chi connectivity index (χ1n) is 6.42. The van der Waals surface area contributed by atoms with Crippen LogP contribution in [-0.4, -0.2) is 34.1 Å². The van der Waals surface area contributed by atoms with Crippen LogP contribution >= 0.6 is 0 Å². The molecule has 0 aromatic heterocycles. The molecule has 1 aliphatic rings. The predicted molar refractivity (Wildman–Crippen MR) is 68.7 cm³/mol. The number of phenolic OH excluding ortho intramolecular Hbond substituents is 2. The van der Waals surface area contributed by atoms with E-state index in [0.717, 1.165) is 32.4 Å². The van der Waals surface area contributed by atoms with E-state index in [1.54, 1.807) is 4.90 Å². The Bertz CT molecular complexity index is 416. The standard InChI is InChI=1S/C14H19NO3/c1-2-10-3-5-15(6-4-10)14(18)11-7-12(16)9-13(17)8-11/h7-10,16-17H,2-6H2,1H3. The molecule has 1 aromatic carbocycles. The molecule has 1 saturated heterocycles. The molecule has 1 heterocycles. The molecule has 0 bridgehead atoms. The summed E-state index contributed by atoms with van der Waals surface area (Å²) in [4.78, 5) is 14.0. The zero-order valence-corrected chi connectivity index (χ0v) is 10.6. The Hall–Kier alpha value is -1.71. The second-order valence-electron chi connectivity index (χ2n) is 4.88. The van der Waals surface area contributed by atoms with Gasteiger partial charge >= 0.3 is 0 Å². The zero-order valence-electron chi connectivity index (χ0n) is 10.6. The van der Waals surface area contributed by atoms with Gasteiger partial charge in [0.2, 0.25) is 0 Å². The molecule has 0 spiro atoms. The number of hydrogen-bond acceptors (Lipinski definition) is 3. The van der Waals surface area contributed by atoms with Crippen molar-refractivity contribution in [1.29, 1.82) is 0 Å². The van der Waals surface area contributed by atoms with Gasteiger partial charge in [0.15, 0.2) is 0 Å². The van der Waals surface area contributed by atoms with Gasteiger partial charge in [-0.25, -0.2) is 0 Å². The highest BCUT2D eigenvalue weighted by Gasteiger charge is 2.23. The van der Waals surface area contributed by atoms with Crippen molar-refractivity contribution >= 4 is 5.91 Å². The maximum Gasteiger partial charge on any atom is 0.254 e. The first kappa shape index (κ1) is 12.7. The number of carbonyl (C=O) groups is 1. The van der Waals surface area contributed by atoms with Crippen molar-refractivity contribution in [3.8, 4) is 11.5 Å². The Balaban J connectivity index is 2.07. The third kappa shape index (κ3) is 2.75. The Morgan fingerprint density at radius 2 is 1.78 bits per heavy atom. The van der Waals surface area contributed by atoms with E-state index in [4.69, 9.17) is 0 Å². The van der Waals surface area contributed by atoms with Crippen LogP contribution in [0.2, 0.25) is 0 Å². The summed E-state index contributed by atoms with van der Waals surface area (Å²) in [5.41, 5.74) is 0.349. The fraction of sp³-hybridized carbons (Fsp3) is 0.500. The SMILES string of the molecule is CCC1CCN(C(=O)c2cc(O)cc(O)c2)CC1. The first-order chi connectivity index (χ1) is 8.60. The van der Waals surface area contributed by atoms with Gasteiger partial charge in [0, 0.05) is 24.7 Å². The van der Waals surface area contributed by atoms with Crippen LogP contribution in [0.25, 0.3) is 0 Å². The summed E-state index contributed by atoms with van der Waals surface area (Å²) < 4.78 is 0. The molecular formula is C14H19NO3. The van der Waals surface area contributed by atoms with Gasteiger partial charge in [-0.2, -0.15) is 0 Å². The molecule has 0 atom stereocenters. The van der Waals surface area contributed by atoms with Crippen LogP contribution in [-0.2, 0) is 0 Å². The molecule has 4 heteroatoms. The minimum atomic E-state index is -0.115. The van der Waals surface area contributed by atoms with Crippen LogP contribution < -0.4 is 0 Å². The molecule has 0 unspecified atom stereocenters. The Morgan fingerprint density at radius 1 is 1.22 bits per heavy atom. The van der Waals surface area contributed by atoms with E-state index in [9.17, 15) is 15.0 Å². The van der Waals surface area contributed by atoms with Crippen LogP contribution in [0.1, 0.15) is 36.5 Å². The Kier molecular flexibility index (Phi) is 3.75. The smallest absolute Gasteiger partial charge is 0.254 e. The number of nitrogens with zero attached hydrogens (tertiary/aromatic N) is 1. The van der Waals surface area contributed by atoms with Crippen LogP contribution in [0.3, 0.4) is 0 Å². The molecule has 2 rings (SSSR count). The maximum atomic E-state index is 12.2. The van der Waals surface area contributed by atoms with Gasteiger partial charge in [-0.15, -0.1) is 0 Å². The third-order valence-corrected chi connectivity index (χ3v) is 3.63. The van der Waals surface area contributed by atoms with Gasteiger partial charge in [0.1, 0.15) is 11.5 Å². The van der Waals surface area contributed by atoms with Crippen LogP contribution in [0.4, 0.5) is 0 Å². The molecule has 1 fully saturated rings. The molecule has 1 aromatic rings. The summed E-state index contributed by atoms with van der Waals surface area (Å²) in [7, 11) is 0. The van der Waals surface area contributed by atoms with E-state index in [1.807, 2.05) is 0 Å². The number of piperidine rings is 1. The third-order valence-electron chi connectivity index (χ3n) is 3.63. The van der Waals surface area contributed by atoms with Crippen molar-refractivity contribution in [1.82, 2.24) is 4.90 Å². The number of aromatic hydroxyl groups is 2. The van der Waals surface area contributed by atoms with Gasteiger partial charge in [-0.1, -0.05) is 13.3 Å². The average Bonchev–Trinajstić information content (AvgIpc) is 2.37. The number of phenols is 2. The van der Waals surface area contributed by atoms with Crippen molar-refractivity contribution in [2.75, 3.05) is 13.1 Å². The van der Waals surface area contributed by atoms with E-state index >= 15 is 0 Å². The van der Waals surface area contributed by atoms with Gasteiger partial charge in [-0.05, 0) is 30.9 Å². The average molecular weight is 249 g/mol. The molecule has 1 aliphatic heterocycles. The van der Waals surface area contributed by atoms with Gasteiger partial charge in [0.05, 0.1) is 0 Å². The van der Waals surface area contributed by atoms with Crippen LogP contribution in [0, 0.1) is 5.92 Å². The number of amides is 1. The van der Waals surface area contributed by atoms with Crippen molar-refractivity contribution in [2.45, 2.75) is 26.2 Å². The van der Waals surface area contributed by atoms with Crippen molar-refractivity contribution in [3.05, 3.63) is 23.8 Å². The molecule has 98 valence electrons. The molecular weight excluding hydrogens is 230 g/mol. The molecule has 0 radical (unpaired) electrons. The molecule has 1 amide bonds. The maximum absolute atomic E-state index is 12.2. The lowest BCUT2D eigenvalue weighted by atomic mass is 9.94. The lowest BCUT2D eigenvalue weighted by molar-refractivity contribution is 0.0688. The fourth-order valence-electron chi connectivity index (χ4n) is 2.45. The normalized spacial score (nSPS) is 16.8. The molecule has 18 heavy (non-hydrogen) atoms. The highest BCUT2D eigenvalue weighted by molar-refractivity contribution is 5.95. The minimum Gasteiger partial charge on any atom is -0.508 e. The van der Waals surface area contributed by atoms with E-state index in [-0.39, 0.29) is 17.4 Å². The molecule has 4 nitrogen and oxygen atoms in total. The van der Waals surface area contributed by atoms with Crippen molar-refractivity contribution in [3.63, 3.8) is 0 Å². The second kappa shape index (κ2) is 5.29. The number of carbonyl (C=O) groups excluding carboxylic acids is 1. The molecule has 0 saturated carbocycles. The fourth-order valence-corrected chi connectivity index (χ4v) is 2.45. The first-order valence-corrected chi connectivity index (χ1v) is 6.42. The highest BCUT2D eigenvalue weighted by atomic mass is 16.3. The highest BCUT2D eigenvalue weighted by Crippen LogP contribution is 2.24. The summed E-state index contributed by atoms with van der Waals surface area (Å²) >= 11 is 0. The summed E-state index contributed by atoms with van der Waals surface area (Å²) in [5, 5.41) is 18.8. The van der Waals surface area contributed by atoms with E-state index in [2.05, 4.69) is 6.92 Å². The van der Waals surface area contributed by atoms with Gasteiger partial charge in [-0.3, -0.25) is 4.79 Å². The monoisotopic (exact) mass is 249 g/mol.